The van der Waals surface area contributed by atoms with Crippen LogP contribution in [0.15, 0.2) is 60.0 Å². The third kappa shape index (κ3) is 3.95. The molecule has 2 aromatic carbocycles. The molecule has 4 nitrogen and oxygen atoms in total. The van der Waals surface area contributed by atoms with E-state index in [9.17, 15) is 9.59 Å². The zero-order chi connectivity index (χ0) is 17.8. The van der Waals surface area contributed by atoms with Crippen molar-refractivity contribution in [3.8, 4) is 11.1 Å². The van der Waals surface area contributed by atoms with E-state index in [1.807, 2.05) is 48.7 Å². The summed E-state index contributed by atoms with van der Waals surface area (Å²) in [6.07, 6.45) is 0. The molecule has 126 valence electrons. The molecule has 1 aromatic heterocycles. The molecule has 0 radical (unpaired) electrons. The fourth-order valence-electron chi connectivity index (χ4n) is 2.54. The minimum absolute atomic E-state index is 0.130. The second-order valence-corrected chi connectivity index (χ2v) is 6.69. The van der Waals surface area contributed by atoms with Crippen molar-refractivity contribution < 1.29 is 9.59 Å². The van der Waals surface area contributed by atoms with Gasteiger partial charge >= 0.3 is 0 Å². The molecule has 0 unspecified atom stereocenters. The van der Waals surface area contributed by atoms with Crippen LogP contribution in [0.4, 0.5) is 0 Å². The lowest BCUT2D eigenvalue weighted by Crippen LogP contribution is -2.22. The van der Waals surface area contributed by atoms with E-state index in [2.05, 4.69) is 5.32 Å². The highest BCUT2D eigenvalue weighted by Gasteiger charge is 2.14. The molecular weight excluding hydrogens is 332 g/mol. The summed E-state index contributed by atoms with van der Waals surface area (Å²) in [6, 6.07) is 17.0. The third-order valence-electron chi connectivity index (χ3n) is 3.90. The number of nitrogens with one attached hydrogen (secondary N) is 1. The minimum Gasteiger partial charge on any atom is -0.366 e. The van der Waals surface area contributed by atoms with Gasteiger partial charge in [0.2, 0.25) is 5.91 Å². The highest BCUT2D eigenvalue weighted by atomic mass is 32.1. The van der Waals surface area contributed by atoms with E-state index in [4.69, 9.17) is 5.73 Å². The van der Waals surface area contributed by atoms with Crippen LogP contribution >= 0.6 is 11.3 Å². The van der Waals surface area contributed by atoms with Crippen molar-refractivity contribution in [2.75, 3.05) is 0 Å². The van der Waals surface area contributed by atoms with Gasteiger partial charge in [0.05, 0.1) is 4.88 Å². The number of aryl methyl sites for hydroxylation is 1. The van der Waals surface area contributed by atoms with Gasteiger partial charge in [-0.2, -0.15) is 0 Å². The average molecular weight is 350 g/mol. The lowest BCUT2D eigenvalue weighted by Gasteiger charge is -2.08. The van der Waals surface area contributed by atoms with Crippen molar-refractivity contribution >= 4 is 23.2 Å². The molecule has 3 N–H and O–H groups in total. The molecule has 2 amide bonds. The van der Waals surface area contributed by atoms with Gasteiger partial charge in [0.15, 0.2) is 0 Å². The maximum atomic E-state index is 12.6. The van der Waals surface area contributed by atoms with Gasteiger partial charge in [0, 0.05) is 17.7 Å². The van der Waals surface area contributed by atoms with E-state index in [0.717, 1.165) is 16.7 Å². The van der Waals surface area contributed by atoms with Crippen molar-refractivity contribution in [3.05, 3.63) is 81.5 Å². The number of benzene rings is 2. The van der Waals surface area contributed by atoms with E-state index in [0.29, 0.717) is 17.0 Å². The molecule has 0 spiro atoms. The molecule has 0 saturated heterocycles. The topological polar surface area (TPSA) is 72.2 Å². The van der Waals surface area contributed by atoms with Gasteiger partial charge in [-0.05, 0) is 41.6 Å². The smallest absolute Gasteiger partial charge is 0.262 e. The van der Waals surface area contributed by atoms with Crippen LogP contribution in [0.3, 0.4) is 0 Å². The van der Waals surface area contributed by atoms with Gasteiger partial charge in [-0.3, -0.25) is 9.59 Å². The van der Waals surface area contributed by atoms with Gasteiger partial charge in [0.1, 0.15) is 0 Å². The van der Waals surface area contributed by atoms with Crippen LogP contribution in [0.1, 0.15) is 31.2 Å². The summed E-state index contributed by atoms with van der Waals surface area (Å²) >= 11 is 1.41. The van der Waals surface area contributed by atoms with E-state index in [1.54, 1.807) is 18.2 Å². The Kier molecular flexibility index (Phi) is 4.95. The van der Waals surface area contributed by atoms with Crippen LogP contribution < -0.4 is 11.1 Å². The van der Waals surface area contributed by atoms with Crippen molar-refractivity contribution in [1.82, 2.24) is 5.32 Å². The Balaban J connectivity index is 1.74. The molecule has 0 saturated carbocycles. The molecule has 0 aliphatic carbocycles. The lowest BCUT2D eigenvalue weighted by molar-refractivity contribution is 0.0954. The van der Waals surface area contributed by atoms with Gasteiger partial charge in [-0.15, -0.1) is 11.3 Å². The molecular formula is C20H18N2O2S. The lowest BCUT2D eigenvalue weighted by atomic mass is 10.0. The molecule has 3 rings (SSSR count). The Bertz CT molecular complexity index is 913. The third-order valence-corrected chi connectivity index (χ3v) is 4.81. The number of amides is 2. The van der Waals surface area contributed by atoms with Crippen LogP contribution in [0.2, 0.25) is 0 Å². The Morgan fingerprint density at radius 3 is 2.56 bits per heavy atom. The predicted octanol–water partition coefficient (Wildman–Crippen LogP) is 3.75. The number of primary amides is 1. The summed E-state index contributed by atoms with van der Waals surface area (Å²) in [7, 11) is 0. The fraction of sp³-hybridized carbons (Fsp3) is 0.100. The molecule has 1 heterocycles. The molecule has 25 heavy (non-hydrogen) atoms. The number of hydrogen-bond acceptors (Lipinski definition) is 3. The Morgan fingerprint density at radius 1 is 1.08 bits per heavy atom. The Hall–Kier alpha value is -2.92. The maximum absolute atomic E-state index is 12.6. The van der Waals surface area contributed by atoms with E-state index in [1.165, 1.54) is 16.9 Å². The number of carbonyl (C=O) groups excluding carboxylic acids is 2. The first kappa shape index (κ1) is 16.9. The second-order valence-electron chi connectivity index (χ2n) is 5.78. The SMILES string of the molecule is Cc1ccc(-c2ccsc2C(=O)NCc2cccc(C(N)=O)c2)cc1. The van der Waals surface area contributed by atoms with Crippen LogP contribution in [0.5, 0.6) is 0 Å². The van der Waals surface area contributed by atoms with Crippen LogP contribution in [-0.2, 0) is 6.54 Å². The first-order valence-electron chi connectivity index (χ1n) is 7.86. The van der Waals surface area contributed by atoms with Crippen molar-refractivity contribution in [1.29, 1.82) is 0 Å². The average Bonchev–Trinajstić information content (AvgIpc) is 3.10. The second kappa shape index (κ2) is 7.32. The van der Waals surface area contributed by atoms with E-state index >= 15 is 0 Å². The Labute approximate surface area is 150 Å². The normalized spacial score (nSPS) is 10.4. The van der Waals surface area contributed by atoms with Crippen LogP contribution in [-0.4, -0.2) is 11.8 Å². The molecule has 0 aliphatic heterocycles. The number of thiophene rings is 1. The van der Waals surface area contributed by atoms with E-state index < -0.39 is 5.91 Å². The fourth-order valence-corrected chi connectivity index (χ4v) is 3.37. The number of nitrogens with two attached hydrogens (primary N) is 1. The van der Waals surface area contributed by atoms with Gasteiger partial charge in [0.25, 0.3) is 5.91 Å². The summed E-state index contributed by atoms with van der Waals surface area (Å²) in [5.41, 5.74) is 9.68. The zero-order valence-electron chi connectivity index (χ0n) is 13.8. The molecule has 3 aromatic rings. The molecule has 0 aliphatic rings. The van der Waals surface area contributed by atoms with Crippen LogP contribution in [0, 0.1) is 6.92 Å². The number of rotatable bonds is 5. The van der Waals surface area contributed by atoms with E-state index in [-0.39, 0.29) is 5.91 Å². The van der Waals surface area contributed by atoms with Crippen molar-refractivity contribution in [2.45, 2.75) is 13.5 Å². The van der Waals surface area contributed by atoms with Crippen molar-refractivity contribution in [3.63, 3.8) is 0 Å². The number of carbonyl (C=O) groups is 2. The minimum atomic E-state index is -0.479. The standard InChI is InChI=1S/C20H18N2O2S/c1-13-5-7-15(8-6-13)17-9-10-25-18(17)20(24)22-12-14-3-2-4-16(11-14)19(21)23/h2-11H,12H2,1H3,(H2,21,23)(H,22,24). The quantitative estimate of drug-likeness (QED) is 0.735. The molecule has 0 bridgehead atoms. The molecule has 5 heteroatoms. The first-order valence-corrected chi connectivity index (χ1v) is 8.74. The maximum Gasteiger partial charge on any atom is 0.262 e. The first-order chi connectivity index (χ1) is 12.0. The summed E-state index contributed by atoms with van der Waals surface area (Å²) in [4.78, 5) is 24.5. The molecule has 0 atom stereocenters. The highest BCUT2D eigenvalue weighted by molar-refractivity contribution is 7.12. The summed E-state index contributed by atoms with van der Waals surface area (Å²) in [5.74, 6) is -0.608. The Morgan fingerprint density at radius 2 is 1.84 bits per heavy atom. The molecule has 0 fully saturated rings. The summed E-state index contributed by atoms with van der Waals surface area (Å²) in [6.45, 7) is 2.37. The van der Waals surface area contributed by atoms with Gasteiger partial charge in [-0.25, -0.2) is 0 Å². The van der Waals surface area contributed by atoms with Crippen LogP contribution in [0.25, 0.3) is 11.1 Å². The van der Waals surface area contributed by atoms with Crippen molar-refractivity contribution in [2.24, 2.45) is 5.73 Å². The monoisotopic (exact) mass is 350 g/mol. The largest absolute Gasteiger partial charge is 0.366 e. The summed E-state index contributed by atoms with van der Waals surface area (Å²) in [5, 5.41) is 4.82. The zero-order valence-corrected chi connectivity index (χ0v) is 14.6. The predicted molar refractivity (Wildman–Crippen MR) is 101 cm³/mol. The number of hydrogen-bond donors (Lipinski definition) is 2. The van der Waals surface area contributed by atoms with Gasteiger partial charge < -0.3 is 11.1 Å². The van der Waals surface area contributed by atoms with Gasteiger partial charge in [-0.1, -0.05) is 42.0 Å². The summed E-state index contributed by atoms with van der Waals surface area (Å²) < 4.78 is 0. The highest BCUT2D eigenvalue weighted by Crippen LogP contribution is 2.28.